The van der Waals surface area contributed by atoms with E-state index in [1.807, 2.05) is 0 Å². The molecule has 0 aliphatic carbocycles. The number of rotatable bonds is 27. The molecule has 0 unspecified atom stereocenters. The van der Waals surface area contributed by atoms with Crippen LogP contribution in [0.25, 0.3) is 0 Å². The Morgan fingerprint density at radius 3 is 0.670 bits per heavy atom. The molecule has 0 saturated carbocycles. The molecule has 0 radical (unpaired) electrons. The summed E-state index contributed by atoms with van der Waals surface area (Å²) in [4.78, 5) is 68.8. The number of aliphatic hydroxyl groups is 12. The van der Waals surface area contributed by atoms with Gasteiger partial charge in [0.25, 0.3) is 0 Å². The largest absolute Gasteiger partial charge is 1.00 e. The third-order valence-electron chi connectivity index (χ3n) is 14.3. The van der Waals surface area contributed by atoms with Crippen LogP contribution in [0.15, 0.2) is 0 Å². The van der Waals surface area contributed by atoms with Gasteiger partial charge in [-0.25, -0.2) is 39.5 Å². The summed E-state index contributed by atoms with van der Waals surface area (Å²) in [6.07, 6.45) is -58.0. The van der Waals surface area contributed by atoms with Crippen LogP contribution in [0.3, 0.4) is 0 Å². The van der Waals surface area contributed by atoms with Crippen molar-refractivity contribution < 1.29 is 280 Å². The van der Waals surface area contributed by atoms with Gasteiger partial charge < -0.3 is 135 Å². The molecule has 3 amide bonds. The molecule has 24 N–H and O–H groups in total. The number of nitrogens with one attached hydrogen (secondary N) is 3. The second-order valence-corrected chi connectivity index (χ2v) is 28.4. The Bertz CT molecular complexity index is 3340. The SMILES string of the molecule is CC(=O)N[C@@H]1[C@@H](O[C@@H]2O[C@H](C(=O)O)[C@@H](O)[C@H](O)[C@H]2O)[C@H](OS(=O)(=O)O)[C@@H](COS(=O)(=O)O)O[C@@H]1O.CC(=O)N[C@@H]1[C@@H](O[C@@H]2O[C@H](C(=O)O)[C@@H](O)[C@H](O)[C@H]2O)[C@H](OS(=O)(=O)O)[C@@H](COS(=O)(=O)O)O[C@@H]1O.CC(=O)N[C@@H]1[C@@H](O[C@@H]2O[C@H](C(=O)O)[C@@H](O)[C@H](O)[C@H]2O)[C@H](OS(=O)(=O)O)[C@@H](COS(=O)(=O)O)O[C@@H]1O.[Na+]. The van der Waals surface area contributed by atoms with Crippen molar-refractivity contribution in [1.29, 1.82) is 0 Å². The monoisotopic (exact) mass is 1690 g/mol. The Hall–Kier alpha value is -3.80. The summed E-state index contributed by atoms with van der Waals surface area (Å²) in [6.45, 7) is -0.963. The van der Waals surface area contributed by atoms with Gasteiger partial charge in [-0.2, -0.15) is 50.5 Å². The molecular weight excluding hydrogens is 1630 g/mol. The minimum Gasteiger partial charge on any atom is -0.479 e. The Labute approximate surface area is 615 Å². The first-order valence-electron chi connectivity index (χ1n) is 28.1. The molecule has 0 aromatic heterocycles. The minimum absolute atomic E-state index is 0. The van der Waals surface area contributed by atoms with Crippen molar-refractivity contribution in [3.8, 4) is 0 Å². The standard InChI is InChI=1S/3C14H23NO18S2.Na/c3*1-3(16)15-5-10(31-14-8(19)6(17)7(18)11(32-14)12(20)21)9(33-35(26,27)28)4(30-13(5)22)2-29-34(23,24)25;/h3*4-11,13-14,17-19,22H,2H2,1H3,(H,15,16)(H,20,21)(H,23,24,25)(H,26,27,28);/q;;;+1/t3*4-,5-,6+,7+,8-,9-,10-,11+,13+,14-;/m111./s1. The van der Waals surface area contributed by atoms with E-state index in [-0.39, 0.29) is 29.6 Å². The second kappa shape index (κ2) is 39.1. The van der Waals surface area contributed by atoms with Gasteiger partial charge in [-0.05, 0) is 0 Å². The van der Waals surface area contributed by atoms with Crippen molar-refractivity contribution in [2.75, 3.05) is 19.8 Å². The van der Waals surface area contributed by atoms with E-state index in [1.165, 1.54) is 0 Å². The first-order valence-corrected chi connectivity index (χ1v) is 36.3. The van der Waals surface area contributed by atoms with Crippen molar-refractivity contribution in [1.82, 2.24) is 16.0 Å². The van der Waals surface area contributed by atoms with Crippen molar-refractivity contribution in [2.24, 2.45) is 0 Å². The predicted molar refractivity (Wildman–Crippen MR) is 305 cm³/mol. The molecule has 6 saturated heterocycles. The van der Waals surface area contributed by atoms with E-state index >= 15 is 0 Å². The number of hydrogen-bond donors (Lipinski definition) is 24. The summed E-state index contributed by atoms with van der Waals surface area (Å²) in [5.74, 6) is -8.08. The number of ether oxygens (including phenoxy) is 9. The summed E-state index contributed by atoms with van der Waals surface area (Å²) < 4.78 is 259. The molecule has 0 aromatic carbocycles. The molecule has 6 aliphatic rings. The van der Waals surface area contributed by atoms with Crippen LogP contribution >= 0.6 is 0 Å². The summed E-state index contributed by atoms with van der Waals surface area (Å²) in [6, 6.07) is -5.45. The zero-order chi connectivity index (χ0) is 80.6. The summed E-state index contributed by atoms with van der Waals surface area (Å²) >= 11 is 0. The maximum absolute atomic E-state index is 11.6. The van der Waals surface area contributed by atoms with Gasteiger partial charge >= 0.3 is 110 Å². The number of hydrogen-bond acceptors (Lipinski definition) is 45. The average molecular weight is 1700 g/mol. The molecule has 6 heterocycles. The molecule has 6 fully saturated rings. The fraction of sp³-hybridized carbons (Fsp3) is 0.857. The van der Waals surface area contributed by atoms with Crippen LogP contribution in [0.4, 0.5) is 0 Å². The predicted octanol–water partition coefficient (Wildman–Crippen LogP) is -19.5. The molecular formula is C42H69N3NaO54S6+. The van der Waals surface area contributed by atoms with Gasteiger partial charge in [-0.1, -0.05) is 0 Å². The van der Waals surface area contributed by atoms with Crippen LogP contribution in [-0.2, 0) is 159 Å². The Balaban J connectivity index is 0.000000411. The molecule has 0 bridgehead atoms. The average Bonchev–Trinajstić information content (AvgIpc) is 0.780. The molecule has 612 valence electrons. The maximum atomic E-state index is 11.6. The molecule has 0 aromatic rings. The van der Waals surface area contributed by atoms with Crippen molar-refractivity contribution in [2.45, 2.75) is 205 Å². The molecule has 106 heavy (non-hydrogen) atoms. The fourth-order valence-corrected chi connectivity index (χ4v) is 12.5. The third-order valence-corrected chi connectivity index (χ3v) is 17.0. The van der Waals surface area contributed by atoms with Crippen molar-refractivity contribution in [3.63, 3.8) is 0 Å². The zero-order valence-electron chi connectivity index (χ0n) is 53.3. The van der Waals surface area contributed by atoms with Crippen LogP contribution in [0.5, 0.6) is 0 Å². The first kappa shape index (κ1) is 96.4. The van der Waals surface area contributed by atoms with E-state index in [2.05, 4.69) is 41.0 Å². The van der Waals surface area contributed by atoms with Gasteiger partial charge in [0.1, 0.15) is 128 Å². The number of carbonyl (C=O) groups excluding carboxylic acids is 3. The van der Waals surface area contributed by atoms with E-state index in [4.69, 9.17) is 85.3 Å². The topological polar surface area (TPSA) is 907 Å². The van der Waals surface area contributed by atoms with Crippen molar-refractivity contribution in [3.05, 3.63) is 0 Å². The van der Waals surface area contributed by atoms with Crippen LogP contribution in [-0.4, -0.2) is 394 Å². The second-order valence-electron chi connectivity index (χ2n) is 22.0. The third kappa shape index (κ3) is 28.7. The van der Waals surface area contributed by atoms with Crippen LogP contribution in [0.2, 0.25) is 0 Å². The summed E-state index contributed by atoms with van der Waals surface area (Å²) in [5, 5.41) is 154. The van der Waals surface area contributed by atoms with E-state index in [0.29, 0.717) is 0 Å². The van der Waals surface area contributed by atoms with Gasteiger partial charge in [0.05, 0.1) is 19.8 Å². The summed E-state index contributed by atoms with van der Waals surface area (Å²) in [5.41, 5.74) is 0. The van der Waals surface area contributed by atoms with E-state index in [0.717, 1.165) is 20.8 Å². The van der Waals surface area contributed by atoms with Crippen LogP contribution in [0.1, 0.15) is 20.8 Å². The number of amides is 3. The fourth-order valence-electron chi connectivity index (χ4n) is 10.00. The zero-order valence-corrected chi connectivity index (χ0v) is 60.2. The van der Waals surface area contributed by atoms with Gasteiger partial charge in [0.2, 0.25) is 17.7 Å². The van der Waals surface area contributed by atoms with Crippen molar-refractivity contribution >= 4 is 98.0 Å². The van der Waals surface area contributed by atoms with Crippen LogP contribution in [0, 0.1) is 0 Å². The van der Waals surface area contributed by atoms with Gasteiger partial charge in [0, 0.05) is 20.8 Å². The molecule has 6 rings (SSSR count). The number of aliphatic hydroxyl groups excluding tert-OH is 12. The maximum Gasteiger partial charge on any atom is 1.00 e. The van der Waals surface area contributed by atoms with E-state index < -0.39 is 302 Å². The number of carbonyl (C=O) groups is 6. The number of aliphatic carboxylic acids is 3. The smallest absolute Gasteiger partial charge is 0.479 e. The molecule has 64 heteroatoms. The number of carboxylic acids is 3. The van der Waals surface area contributed by atoms with E-state index in [1.54, 1.807) is 0 Å². The molecule has 57 nitrogen and oxygen atoms in total. The van der Waals surface area contributed by atoms with Gasteiger partial charge in [-0.3, -0.25) is 41.7 Å². The first-order chi connectivity index (χ1) is 47.7. The number of carboxylic acid groups (broad SMARTS) is 3. The molecule has 6 aliphatic heterocycles. The summed E-state index contributed by atoms with van der Waals surface area (Å²) in [7, 11) is -31.7. The Kier molecular flexibility index (Phi) is 35.6. The Morgan fingerprint density at radius 1 is 0.311 bits per heavy atom. The van der Waals surface area contributed by atoms with E-state index in [9.17, 15) is 141 Å². The molecule has 30 atom stereocenters. The normalized spacial score (nSPS) is 38.2. The van der Waals surface area contributed by atoms with Gasteiger partial charge in [0.15, 0.2) is 56.1 Å². The minimum atomic E-state index is -5.42. The molecule has 0 spiro atoms. The van der Waals surface area contributed by atoms with Crippen LogP contribution < -0.4 is 45.5 Å². The van der Waals surface area contributed by atoms with Gasteiger partial charge in [-0.15, -0.1) is 0 Å². The quantitative estimate of drug-likeness (QED) is 0.0268. The Morgan fingerprint density at radius 2 is 0.509 bits per heavy atom.